The number of carbonyl (C=O) groups is 1. The third kappa shape index (κ3) is 2.91. The molecule has 0 spiro atoms. The predicted molar refractivity (Wildman–Crippen MR) is 101 cm³/mol. The molecule has 2 heterocycles. The quantitative estimate of drug-likeness (QED) is 0.604. The van der Waals surface area contributed by atoms with Crippen LogP contribution in [0.4, 0.5) is 5.82 Å². The Morgan fingerprint density at radius 2 is 1.80 bits per heavy atom. The van der Waals surface area contributed by atoms with E-state index in [4.69, 9.17) is 34.8 Å². The monoisotopic (exact) mass is 391 g/mol. The summed E-state index contributed by atoms with van der Waals surface area (Å²) in [4.78, 5) is 12.1. The number of H-pyrrole nitrogens is 1. The van der Waals surface area contributed by atoms with Crippen LogP contribution in [-0.2, 0) is 4.79 Å². The second-order valence-corrected chi connectivity index (χ2v) is 7.04. The molecule has 1 unspecified atom stereocenters. The Balaban J connectivity index is 1.90. The second kappa shape index (κ2) is 6.37. The summed E-state index contributed by atoms with van der Waals surface area (Å²) >= 11 is 18.6. The van der Waals surface area contributed by atoms with E-state index in [1.165, 1.54) is 0 Å². The van der Waals surface area contributed by atoms with Gasteiger partial charge in [0.1, 0.15) is 0 Å². The first-order valence-electron chi connectivity index (χ1n) is 7.62. The van der Waals surface area contributed by atoms with Gasteiger partial charge in [0.25, 0.3) is 0 Å². The Hall–Kier alpha value is -2.01. The number of halogens is 3. The summed E-state index contributed by atoms with van der Waals surface area (Å²) in [5.74, 6) is 0.171. The van der Waals surface area contributed by atoms with Crippen molar-refractivity contribution in [1.29, 1.82) is 0 Å². The number of fused-ring (bicyclic) bond motifs is 1. The number of benzene rings is 2. The maximum Gasteiger partial charge on any atom is 0.226 e. The van der Waals surface area contributed by atoms with Gasteiger partial charge in [0, 0.05) is 28.5 Å². The Bertz CT molecular complexity index is 966. The summed E-state index contributed by atoms with van der Waals surface area (Å²) in [6, 6.07) is 12.9. The van der Waals surface area contributed by atoms with Gasteiger partial charge in [-0.25, -0.2) is 0 Å². The maximum absolute atomic E-state index is 12.1. The number of anilines is 1. The number of nitrogens with one attached hydrogen (secondary N) is 2. The van der Waals surface area contributed by atoms with Gasteiger partial charge in [0.15, 0.2) is 5.82 Å². The molecule has 1 amide bonds. The predicted octanol–water partition coefficient (Wildman–Crippen LogP) is 5.51. The number of rotatable bonds is 2. The molecule has 0 fully saturated rings. The summed E-state index contributed by atoms with van der Waals surface area (Å²) in [5.41, 5.74) is 3.46. The van der Waals surface area contributed by atoms with Gasteiger partial charge >= 0.3 is 0 Å². The van der Waals surface area contributed by atoms with Crippen molar-refractivity contribution in [2.75, 3.05) is 5.32 Å². The molecule has 0 aliphatic carbocycles. The zero-order chi connectivity index (χ0) is 17.6. The number of hydrogen-bond acceptors (Lipinski definition) is 2. The van der Waals surface area contributed by atoms with Crippen molar-refractivity contribution < 1.29 is 4.79 Å². The topological polar surface area (TPSA) is 57.8 Å². The fourth-order valence-corrected chi connectivity index (χ4v) is 3.71. The minimum absolute atomic E-state index is 0.109. The average molecular weight is 393 g/mol. The van der Waals surface area contributed by atoms with Gasteiger partial charge < -0.3 is 5.32 Å². The van der Waals surface area contributed by atoms with E-state index in [1.54, 1.807) is 6.07 Å². The molecule has 7 heteroatoms. The number of aromatic amines is 1. The zero-order valence-corrected chi connectivity index (χ0v) is 15.1. The smallest absolute Gasteiger partial charge is 0.226 e. The molecule has 3 aromatic rings. The first-order valence-corrected chi connectivity index (χ1v) is 8.76. The first kappa shape index (κ1) is 16.5. The van der Waals surface area contributed by atoms with Crippen molar-refractivity contribution in [2.45, 2.75) is 12.3 Å². The first-order chi connectivity index (χ1) is 12.0. The lowest BCUT2D eigenvalue weighted by Gasteiger charge is -2.24. The van der Waals surface area contributed by atoms with Crippen LogP contribution in [0.1, 0.15) is 23.5 Å². The van der Waals surface area contributed by atoms with E-state index in [0.717, 1.165) is 22.4 Å². The normalized spacial score (nSPS) is 16.4. The van der Waals surface area contributed by atoms with E-state index >= 15 is 0 Å². The number of carbonyl (C=O) groups excluding carboxylic acids is 1. The molecule has 0 bridgehead atoms. The molecule has 0 saturated heterocycles. The fourth-order valence-electron chi connectivity index (χ4n) is 3.15. The molecule has 126 valence electrons. The molecule has 0 saturated carbocycles. The van der Waals surface area contributed by atoms with Crippen molar-refractivity contribution in [3.8, 4) is 11.3 Å². The molecule has 1 aromatic heterocycles. The van der Waals surface area contributed by atoms with Crippen LogP contribution in [0.3, 0.4) is 0 Å². The molecule has 1 aliphatic heterocycles. The molecule has 4 nitrogen and oxygen atoms in total. The maximum atomic E-state index is 12.1. The van der Waals surface area contributed by atoms with E-state index in [1.807, 2.05) is 36.4 Å². The lowest BCUT2D eigenvalue weighted by Crippen LogP contribution is -2.23. The van der Waals surface area contributed by atoms with Crippen molar-refractivity contribution >= 4 is 46.5 Å². The van der Waals surface area contributed by atoms with Crippen molar-refractivity contribution in [3.63, 3.8) is 0 Å². The Labute approximate surface area is 159 Å². The summed E-state index contributed by atoms with van der Waals surface area (Å²) in [6.45, 7) is 0. The summed E-state index contributed by atoms with van der Waals surface area (Å²) in [6.07, 6.45) is 0.271. The van der Waals surface area contributed by atoms with Crippen LogP contribution < -0.4 is 5.32 Å². The Morgan fingerprint density at radius 3 is 2.56 bits per heavy atom. The van der Waals surface area contributed by atoms with Gasteiger partial charge in [-0.1, -0.05) is 59.1 Å². The minimum atomic E-state index is -0.237. The Kier molecular flexibility index (Phi) is 4.20. The highest BCUT2D eigenvalue weighted by Crippen LogP contribution is 2.44. The van der Waals surface area contributed by atoms with Gasteiger partial charge in [-0.05, 0) is 23.8 Å². The molecule has 25 heavy (non-hydrogen) atoms. The molecular weight excluding hydrogens is 381 g/mol. The van der Waals surface area contributed by atoms with E-state index in [2.05, 4.69) is 15.5 Å². The second-order valence-electron chi connectivity index (χ2n) is 5.82. The van der Waals surface area contributed by atoms with E-state index in [-0.39, 0.29) is 18.2 Å². The largest absolute Gasteiger partial charge is 0.309 e. The van der Waals surface area contributed by atoms with Gasteiger partial charge in [-0.15, -0.1) is 0 Å². The molecule has 4 rings (SSSR count). The van der Waals surface area contributed by atoms with Gasteiger partial charge in [-0.2, -0.15) is 5.10 Å². The standard InChI is InChI=1S/C18H12Cl3N3O/c19-10-6-4-9(5-7-10)17-15-12(8-14(25)22-18(15)24-23-17)11-2-1-3-13(20)16(11)21/h1-7,12H,8H2,(H2,22,23,24,25). The highest BCUT2D eigenvalue weighted by Gasteiger charge is 2.33. The third-order valence-corrected chi connectivity index (χ3v) is 5.38. The van der Waals surface area contributed by atoms with Crippen LogP contribution >= 0.6 is 34.8 Å². The van der Waals surface area contributed by atoms with E-state index < -0.39 is 0 Å². The summed E-state index contributed by atoms with van der Waals surface area (Å²) in [7, 11) is 0. The van der Waals surface area contributed by atoms with Crippen molar-refractivity contribution in [2.24, 2.45) is 0 Å². The number of amides is 1. The fraction of sp³-hybridized carbons (Fsp3) is 0.111. The van der Waals surface area contributed by atoms with Crippen molar-refractivity contribution in [1.82, 2.24) is 10.2 Å². The van der Waals surface area contributed by atoms with Crippen LogP contribution in [0.25, 0.3) is 11.3 Å². The molecule has 1 aliphatic rings. The number of hydrogen-bond donors (Lipinski definition) is 2. The highest BCUT2D eigenvalue weighted by atomic mass is 35.5. The Morgan fingerprint density at radius 1 is 1.04 bits per heavy atom. The van der Waals surface area contributed by atoms with Crippen LogP contribution in [0.15, 0.2) is 42.5 Å². The summed E-state index contributed by atoms with van der Waals surface area (Å²) in [5, 5.41) is 11.7. The van der Waals surface area contributed by atoms with Gasteiger partial charge in [0.2, 0.25) is 5.91 Å². The van der Waals surface area contributed by atoms with Gasteiger partial charge in [0.05, 0.1) is 15.7 Å². The molecule has 1 atom stereocenters. The van der Waals surface area contributed by atoms with E-state index in [9.17, 15) is 4.79 Å². The summed E-state index contributed by atoms with van der Waals surface area (Å²) < 4.78 is 0. The average Bonchev–Trinajstić information content (AvgIpc) is 3.01. The van der Waals surface area contributed by atoms with Crippen LogP contribution in [0.2, 0.25) is 15.1 Å². The lowest BCUT2D eigenvalue weighted by molar-refractivity contribution is -0.116. The van der Waals surface area contributed by atoms with Crippen LogP contribution in [0.5, 0.6) is 0 Å². The lowest BCUT2D eigenvalue weighted by atomic mass is 9.84. The number of nitrogens with zero attached hydrogens (tertiary/aromatic N) is 1. The molecule has 0 radical (unpaired) electrons. The molecule has 2 N–H and O–H groups in total. The third-order valence-electron chi connectivity index (χ3n) is 4.29. The van der Waals surface area contributed by atoms with E-state index in [0.29, 0.717) is 20.9 Å². The number of aromatic nitrogens is 2. The zero-order valence-electron chi connectivity index (χ0n) is 12.8. The van der Waals surface area contributed by atoms with Crippen LogP contribution in [-0.4, -0.2) is 16.1 Å². The van der Waals surface area contributed by atoms with Crippen LogP contribution in [0, 0.1) is 0 Å². The SMILES string of the molecule is O=C1CC(c2cccc(Cl)c2Cl)c2c(n[nH]c2-c2ccc(Cl)cc2)N1. The molecular formula is C18H12Cl3N3O. The van der Waals surface area contributed by atoms with Gasteiger partial charge in [-0.3, -0.25) is 9.89 Å². The highest BCUT2D eigenvalue weighted by molar-refractivity contribution is 6.42. The molecule has 2 aromatic carbocycles. The van der Waals surface area contributed by atoms with Crippen molar-refractivity contribution in [3.05, 3.63) is 68.7 Å². The minimum Gasteiger partial charge on any atom is -0.309 e.